The summed E-state index contributed by atoms with van der Waals surface area (Å²) in [6.07, 6.45) is 7.96. The van der Waals surface area contributed by atoms with Gasteiger partial charge in [0.05, 0.1) is 6.04 Å². The first-order valence-corrected chi connectivity index (χ1v) is 12.6. The molecule has 0 saturated carbocycles. The number of hydrogen-bond acceptors (Lipinski definition) is 5. The van der Waals surface area contributed by atoms with Gasteiger partial charge in [-0.1, -0.05) is 30.3 Å². The van der Waals surface area contributed by atoms with Gasteiger partial charge in [0.15, 0.2) is 5.78 Å². The van der Waals surface area contributed by atoms with Crippen LogP contribution in [0.2, 0.25) is 0 Å². The number of ketones is 1. The maximum atomic E-state index is 13.8. The van der Waals surface area contributed by atoms with Crippen LogP contribution in [0.1, 0.15) is 17.5 Å². The Kier molecular flexibility index (Phi) is 5.96. The van der Waals surface area contributed by atoms with E-state index in [2.05, 4.69) is 73.6 Å². The average Bonchev–Trinajstić information content (AvgIpc) is 3.39. The number of anilines is 2. The molecule has 2 unspecified atom stereocenters. The molecule has 0 bridgehead atoms. The van der Waals surface area contributed by atoms with Crippen LogP contribution >= 0.6 is 0 Å². The number of carbonyl (C=O) groups is 1. The van der Waals surface area contributed by atoms with Crippen LogP contribution in [0, 0.1) is 0 Å². The van der Waals surface area contributed by atoms with Gasteiger partial charge in [0, 0.05) is 79.5 Å². The van der Waals surface area contributed by atoms with Crippen molar-refractivity contribution >= 4 is 28.1 Å². The Labute approximate surface area is 206 Å². The summed E-state index contributed by atoms with van der Waals surface area (Å²) < 4.78 is 0. The Balaban J connectivity index is 1.23. The number of aromatic amines is 1. The highest BCUT2D eigenvalue weighted by atomic mass is 16.1. The fourth-order valence-electron chi connectivity index (χ4n) is 5.78. The minimum absolute atomic E-state index is 0.105. The molecule has 4 aromatic rings. The number of aromatic nitrogens is 2. The Bertz CT molecular complexity index is 1310. The third-order valence-electron chi connectivity index (χ3n) is 7.52. The van der Waals surface area contributed by atoms with Crippen LogP contribution in [0.3, 0.4) is 0 Å². The highest BCUT2D eigenvalue weighted by molar-refractivity contribution is 5.92. The number of benzene rings is 2. The van der Waals surface area contributed by atoms with Gasteiger partial charge in [-0.25, -0.2) is 0 Å². The molecule has 2 aromatic carbocycles. The number of para-hydroxylation sites is 1. The number of aryl methyl sites for hydroxylation is 1. The summed E-state index contributed by atoms with van der Waals surface area (Å²) in [6, 6.07) is 20.9. The van der Waals surface area contributed by atoms with Crippen molar-refractivity contribution in [2.75, 3.05) is 36.4 Å². The standard InChI is InChI=1S/C29H31N5O/c35-28(19-21-5-4-13-30-20-21)29(26-11-10-22-6-1-2-7-24(22)32-26)34-17-15-33(16-18-34)27-9-3-8-25-23(27)12-14-31-25/h1-9,12-14,20,26,29,31-32H,10-11,15-19H2. The fraction of sp³-hybridized carbons (Fsp3) is 0.310. The lowest BCUT2D eigenvalue weighted by Gasteiger charge is -2.44. The first-order valence-electron chi connectivity index (χ1n) is 12.6. The maximum absolute atomic E-state index is 13.8. The summed E-state index contributed by atoms with van der Waals surface area (Å²) in [5.41, 5.74) is 5.93. The van der Waals surface area contributed by atoms with Crippen molar-refractivity contribution in [3.63, 3.8) is 0 Å². The summed E-state index contributed by atoms with van der Waals surface area (Å²) in [5.74, 6) is 0.274. The lowest BCUT2D eigenvalue weighted by Crippen LogP contribution is -2.59. The van der Waals surface area contributed by atoms with Gasteiger partial charge >= 0.3 is 0 Å². The zero-order valence-corrected chi connectivity index (χ0v) is 19.9. The fourth-order valence-corrected chi connectivity index (χ4v) is 5.78. The summed E-state index contributed by atoms with van der Waals surface area (Å²) >= 11 is 0. The molecule has 0 spiro atoms. The zero-order valence-electron chi connectivity index (χ0n) is 19.9. The number of nitrogens with zero attached hydrogens (tertiary/aromatic N) is 3. The summed E-state index contributed by atoms with van der Waals surface area (Å²) in [6.45, 7) is 3.54. The number of rotatable bonds is 6. The molecule has 2 aliphatic rings. The van der Waals surface area contributed by atoms with Gasteiger partial charge in [-0.05, 0) is 54.3 Å². The quantitative estimate of drug-likeness (QED) is 0.445. The number of carbonyl (C=O) groups excluding carboxylic acids is 1. The minimum atomic E-state index is -0.159. The van der Waals surface area contributed by atoms with E-state index in [9.17, 15) is 4.79 Å². The van der Waals surface area contributed by atoms with Crippen LogP contribution in [-0.2, 0) is 17.6 Å². The molecule has 0 aliphatic carbocycles. The second kappa shape index (κ2) is 9.55. The largest absolute Gasteiger partial charge is 0.380 e. The minimum Gasteiger partial charge on any atom is -0.380 e. The van der Waals surface area contributed by atoms with Crippen LogP contribution in [0.5, 0.6) is 0 Å². The van der Waals surface area contributed by atoms with Crippen molar-refractivity contribution in [2.45, 2.75) is 31.3 Å². The number of Topliss-reactive ketones (excluding diaryl/α,β-unsaturated/α-hetero) is 1. The van der Waals surface area contributed by atoms with Gasteiger partial charge in [0.1, 0.15) is 0 Å². The van der Waals surface area contributed by atoms with E-state index < -0.39 is 0 Å². The van der Waals surface area contributed by atoms with Crippen molar-refractivity contribution < 1.29 is 4.79 Å². The predicted octanol–water partition coefficient (Wildman–Crippen LogP) is 4.29. The van der Waals surface area contributed by atoms with Crippen molar-refractivity contribution in [1.29, 1.82) is 0 Å². The third-order valence-corrected chi connectivity index (χ3v) is 7.52. The van der Waals surface area contributed by atoms with Crippen LogP contribution in [0.25, 0.3) is 10.9 Å². The van der Waals surface area contributed by atoms with Gasteiger partial charge in [-0.2, -0.15) is 0 Å². The smallest absolute Gasteiger partial charge is 0.156 e. The van der Waals surface area contributed by atoms with E-state index in [1.54, 1.807) is 6.20 Å². The number of H-pyrrole nitrogens is 1. The molecule has 1 saturated heterocycles. The maximum Gasteiger partial charge on any atom is 0.156 e. The van der Waals surface area contributed by atoms with E-state index in [-0.39, 0.29) is 17.9 Å². The zero-order chi connectivity index (χ0) is 23.6. The Morgan fingerprint density at radius 1 is 1.00 bits per heavy atom. The first kappa shape index (κ1) is 21.9. The van der Waals surface area contributed by atoms with E-state index in [0.29, 0.717) is 6.42 Å². The van der Waals surface area contributed by atoms with Crippen LogP contribution in [0.15, 0.2) is 79.3 Å². The molecule has 6 heteroatoms. The van der Waals surface area contributed by atoms with Crippen LogP contribution in [0.4, 0.5) is 11.4 Å². The Morgan fingerprint density at radius 2 is 1.89 bits per heavy atom. The van der Waals surface area contributed by atoms with Gasteiger partial charge in [-0.15, -0.1) is 0 Å². The predicted molar refractivity (Wildman–Crippen MR) is 141 cm³/mol. The number of nitrogens with one attached hydrogen (secondary N) is 2. The lowest BCUT2D eigenvalue weighted by atomic mass is 9.88. The van der Waals surface area contributed by atoms with E-state index in [1.165, 1.54) is 27.8 Å². The molecule has 2 aliphatic heterocycles. The molecule has 2 aromatic heterocycles. The third kappa shape index (κ3) is 4.42. The van der Waals surface area contributed by atoms with Crippen LogP contribution in [-0.4, -0.2) is 58.9 Å². The second-order valence-corrected chi connectivity index (χ2v) is 9.63. The monoisotopic (exact) mass is 465 g/mol. The highest BCUT2D eigenvalue weighted by Crippen LogP contribution is 2.30. The molecule has 6 nitrogen and oxygen atoms in total. The Morgan fingerprint density at radius 3 is 2.74 bits per heavy atom. The molecule has 35 heavy (non-hydrogen) atoms. The molecule has 0 amide bonds. The molecule has 2 atom stereocenters. The van der Waals surface area contributed by atoms with Crippen molar-refractivity contribution in [1.82, 2.24) is 14.9 Å². The molecule has 178 valence electrons. The topological polar surface area (TPSA) is 64.3 Å². The van der Waals surface area contributed by atoms with Crippen LogP contribution < -0.4 is 10.2 Å². The van der Waals surface area contributed by atoms with Crippen molar-refractivity contribution in [2.24, 2.45) is 0 Å². The molecule has 1 fully saturated rings. The summed E-state index contributed by atoms with van der Waals surface area (Å²) in [5, 5.41) is 4.99. The van der Waals surface area contributed by atoms with Crippen molar-refractivity contribution in [3.05, 3.63) is 90.4 Å². The lowest BCUT2D eigenvalue weighted by molar-refractivity contribution is -0.124. The van der Waals surface area contributed by atoms with Gasteiger partial charge in [0.2, 0.25) is 0 Å². The van der Waals surface area contributed by atoms with Gasteiger partial charge in [-0.3, -0.25) is 14.7 Å². The highest BCUT2D eigenvalue weighted by Gasteiger charge is 2.37. The summed E-state index contributed by atoms with van der Waals surface area (Å²) in [4.78, 5) is 26.2. The number of piperazine rings is 1. The molecular formula is C29H31N5O. The number of pyridine rings is 1. The normalized spacial score (nSPS) is 19.2. The number of hydrogen-bond donors (Lipinski definition) is 2. The number of fused-ring (bicyclic) bond motifs is 2. The van der Waals surface area contributed by atoms with Gasteiger partial charge < -0.3 is 15.2 Å². The van der Waals surface area contributed by atoms with E-state index >= 15 is 0 Å². The van der Waals surface area contributed by atoms with E-state index in [4.69, 9.17) is 0 Å². The summed E-state index contributed by atoms with van der Waals surface area (Å²) in [7, 11) is 0. The second-order valence-electron chi connectivity index (χ2n) is 9.63. The molecule has 0 radical (unpaired) electrons. The van der Waals surface area contributed by atoms with E-state index in [0.717, 1.165) is 44.6 Å². The van der Waals surface area contributed by atoms with E-state index in [1.807, 2.05) is 24.5 Å². The Hall–Kier alpha value is -3.64. The average molecular weight is 466 g/mol. The SMILES string of the molecule is O=C(Cc1cccnc1)C(C1CCc2ccccc2N1)N1CCN(c2cccc3[nH]ccc23)CC1. The molecule has 6 rings (SSSR count). The molecule has 2 N–H and O–H groups in total. The molecule has 4 heterocycles. The van der Waals surface area contributed by atoms with Gasteiger partial charge in [0.25, 0.3) is 0 Å². The van der Waals surface area contributed by atoms with Crippen molar-refractivity contribution in [3.8, 4) is 0 Å². The first-order chi connectivity index (χ1) is 17.3. The molecular weight excluding hydrogens is 434 g/mol.